The summed E-state index contributed by atoms with van der Waals surface area (Å²) < 4.78 is 17.0. The first kappa shape index (κ1) is 79.6. The second-order valence-corrected chi connectivity index (χ2v) is 25.2. The summed E-state index contributed by atoms with van der Waals surface area (Å²) in [5.74, 6) is -0.846. The van der Waals surface area contributed by atoms with E-state index in [-0.39, 0.29) is 31.1 Å². The molecule has 0 amide bonds. The molecule has 0 aromatic rings. The lowest BCUT2D eigenvalue weighted by molar-refractivity contribution is -0.167. The summed E-state index contributed by atoms with van der Waals surface area (Å²) in [5, 5.41) is 0. The maximum Gasteiger partial charge on any atom is 0.306 e. The van der Waals surface area contributed by atoms with Crippen LogP contribution in [-0.2, 0) is 28.6 Å². The summed E-state index contributed by atoms with van der Waals surface area (Å²) >= 11 is 0. The standard InChI is InChI=1S/C76H142O6/c1-4-7-10-13-16-19-22-25-28-31-34-36-37-38-39-41-42-45-48-51-54-57-60-63-66-69-75(78)81-72-73(71-80-74(77)68-65-62-59-56-53-50-47-44-33-30-27-24-21-18-15-12-9-6-3)82-76(79)70-67-64-61-58-55-52-49-46-43-40-35-32-29-26-23-20-17-14-11-8-5-2/h30-35,73H,4-29,36-72H2,1-3H3/b33-30-,34-31-,35-32-. The first-order valence-electron chi connectivity index (χ1n) is 37.0. The fraction of sp³-hybridized carbons (Fsp3) is 0.882. The maximum absolute atomic E-state index is 13.0. The van der Waals surface area contributed by atoms with Gasteiger partial charge in [-0.3, -0.25) is 14.4 Å². The van der Waals surface area contributed by atoms with Crippen molar-refractivity contribution in [1.29, 1.82) is 0 Å². The van der Waals surface area contributed by atoms with Crippen molar-refractivity contribution in [1.82, 2.24) is 0 Å². The Kier molecular flexibility index (Phi) is 69.1. The zero-order chi connectivity index (χ0) is 59.2. The van der Waals surface area contributed by atoms with Crippen LogP contribution in [0, 0.1) is 0 Å². The number of rotatable bonds is 69. The molecule has 0 heterocycles. The molecule has 0 aliphatic heterocycles. The summed E-state index contributed by atoms with van der Waals surface area (Å²) in [6.07, 6.45) is 88.9. The molecular weight excluding hydrogens is 1010 g/mol. The maximum atomic E-state index is 13.0. The monoisotopic (exact) mass is 1150 g/mol. The second kappa shape index (κ2) is 71.1. The number of hydrogen-bond donors (Lipinski definition) is 0. The third-order valence-corrected chi connectivity index (χ3v) is 16.8. The molecule has 482 valence electrons. The van der Waals surface area contributed by atoms with Crippen LogP contribution in [0.4, 0.5) is 0 Å². The van der Waals surface area contributed by atoms with Gasteiger partial charge in [-0.1, -0.05) is 333 Å². The average Bonchev–Trinajstić information content (AvgIpc) is 3.47. The Labute approximate surface area is 512 Å². The predicted molar refractivity (Wildman–Crippen MR) is 358 cm³/mol. The van der Waals surface area contributed by atoms with E-state index < -0.39 is 6.10 Å². The molecule has 0 aromatic heterocycles. The van der Waals surface area contributed by atoms with E-state index in [0.29, 0.717) is 19.3 Å². The highest BCUT2D eigenvalue weighted by Gasteiger charge is 2.19. The van der Waals surface area contributed by atoms with Crippen molar-refractivity contribution in [2.75, 3.05) is 13.2 Å². The summed E-state index contributed by atoms with van der Waals surface area (Å²) in [5.41, 5.74) is 0. The highest BCUT2D eigenvalue weighted by atomic mass is 16.6. The van der Waals surface area contributed by atoms with Crippen LogP contribution in [0.1, 0.15) is 412 Å². The Bertz CT molecular complexity index is 1370. The molecule has 0 saturated carbocycles. The number of hydrogen-bond acceptors (Lipinski definition) is 6. The molecule has 0 radical (unpaired) electrons. The lowest BCUT2D eigenvalue weighted by Crippen LogP contribution is -2.30. The fourth-order valence-corrected chi connectivity index (χ4v) is 11.3. The summed E-state index contributed by atoms with van der Waals surface area (Å²) in [6, 6.07) is 0. The van der Waals surface area contributed by atoms with Gasteiger partial charge in [0.05, 0.1) is 0 Å². The molecule has 1 atom stereocenters. The smallest absolute Gasteiger partial charge is 0.306 e. The van der Waals surface area contributed by atoms with E-state index in [0.717, 1.165) is 57.8 Å². The lowest BCUT2D eigenvalue weighted by Gasteiger charge is -2.18. The van der Waals surface area contributed by atoms with Crippen LogP contribution in [-0.4, -0.2) is 37.2 Å². The highest BCUT2D eigenvalue weighted by molar-refractivity contribution is 5.71. The first-order chi connectivity index (χ1) is 40.5. The van der Waals surface area contributed by atoms with Gasteiger partial charge in [-0.25, -0.2) is 0 Å². The van der Waals surface area contributed by atoms with Crippen molar-refractivity contribution in [2.24, 2.45) is 0 Å². The molecule has 0 aliphatic rings. The van der Waals surface area contributed by atoms with Crippen molar-refractivity contribution < 1.29 is 28.6 Å². The summed E-state index contributed by atoms with van der Waals surface area (Å²) in [4.78, 5) is 38.5. The molecular formula is C76H142O6. The Morgan fingerprint density at radius 3 is 0.610 bits per heavy atom. The van der Waals surface area contributed by atoms with E-state index in [1.807, 2.05) is 0 Å². The first-order valence-corrected chi connectivity index (χ1v) is 37.0. The van der Waals surface area contributed by atoms with Gasteiger partial charge in [0, 0.05) is 19.3 Å². The highest BCUT2D eigenvalue weighted by Crippen LogP contribution is 2.18. The fourth-order valence-electron chi connectivity index (χ4n) is 11.3. The Morgan fingerprint density at radius 1 is 0.232 bits per heavy atom. The predicted octanol–water partition coefficient (Wildman–Crippen LogP) is 25.5. The SMILES string of the molecule is CCCCCCCCC/C=C\CCCCCCCCCC(=O)OCC(COC(=O)CCCCCCCCCCCCCCC/C=C\CCCCCCCCCC)OC(=O)CCCCCCCCCCC/C=C\CCCCCCCCCC. The van der Waals surface area contributed by atoms with Crippen LogP contribution in [0.15, 0.2) is 36.5 Å². The zero-order valence-corrected chi connectivity index (χ0v) is 55.5. The molecule has 0 saturated heterocycles. The Morgan fingerprint density at radius 2 is 0.402 bits per heavy atom. The van der Waals surface area contributed by atoms with Gasteiger partial charge in [0.2, 0.25) is 0 Å². The van der Waals surface area contributed by atoms with Gasteiger partial charge in [-0.2, -0.15) is 0 Å². The topological polar surface area (TPSA) is 78.9 Å². The Hall–Kier alpha value is -2.37. The molecule has 0 spiro atoms. The number of allylic oxidation sites excluding steroid dienone is 6. The van der Waals surface area contributed by atoms with Gasteiger partial charge in [0.1, 0.15) is 13.2 Å². The van der Waals surface area contributed by atoms with E-state index in [9.17, 15) is 14.4 Å². The number of carbonyl (C=O) groups is 3. The van der Waals surface area contributed by atoms with Crippen LogP contribution in [0.25, 0.3) is 0 Å². The number of unbranched alkanes of at least 4 members (excludes halogenated alkanes) is 52. The second-order valence-electron chi connectivity index (χ2n) is 25.2. The van der Waals surface area contributed by atoms with Crippen LogP contribution in [0.2, 0.25) is 0 Å². The third kappa shape index (κ3) is 68.4. The van der Waals surface area contributed by atoms with Crippen molar-refractivity contribution >= 4 is 17.9 Å². The van der Waals surface area contributed by atoms with Crippen LogP contribution in [0.3, 0.4) is 0 Å². The number of carbonyl (C=O) groups excluding carboxylic acids is 3. The largest absolute Gasteiger partial charge is 0.462 e. The molecule has 0 rings (SSSR count). The number of ether oxygens (including phenoxy) is 3. The number of esters is 3. The van der Waals surface area contributed by atoms with Gasteiger partial charge < -0.3 is 14.2 Å². The third-order valence-electron chi connectivity index (χ3n) is 16.8. The van der Waals surface area contributed by atoms with Gasteiger partial charge >= 0.3 is 17.9 Å². The molecule has 1 unspecified atom stereocenters. The molecule has 0 aliphatic carbocycles. The zero-order valence-electron chi connectivity index (χ0n) is 55.5. The minimum Gasteiger partial charge on any atom is -0.462 e. The molecule has 82 heavy (non-hydrogen) atoms. The van der Waals surface area contributed by atoms with Crippen LogP contribution < -0.4 is 0 Å². The van der Waals surface area contributed by atoms with Gasteiger partial charge in [0.15, 0.2) is 6.10 Å². The summed E-state index contributed by atoms with van der Waals surface area (Å²) in [6.45, 7) is 6.71. The summed E-state index contributed by atoms with van der Waals surface area (Å²) in [7, 11) is 0. The van der Waals surface area contributed by atoms with Crippen molar-refractivity contribution in [3.05, 3.63) is 36.5 Å². The van der Waals surface area contributed by atoms with E-state index in [1.165, 1.54) is 315 Å². The molecule has 6 heteroatoms. The van der Waals surface area contributed by atoms with Crippen molar-refractivity contribution in [2.45, 2.75) is 419 Å². The molecule has 0 aromatic carbocycles. The minimum atomic E-state index is -0.776. The normalized spacial score (nSPS) is 12.2. The molecule has 0 bridgehead atoms. The van der Waals surface area contributed by atoms with Gasteiger partial charge in [0.25, 0.3) is 0 Å². The van der Waals surface area contributed by atoms with Crippen LogP contribution >= 0.6 is 0 Å². The van der Waals surface area contributed by atoms with E-state index in [4.69, 9.17) is 14.2 Å². The Balaban J connectivity index is 4.30. The van der Waals surface area contributed by atoms with E-state index in [2.05, 4.69) is 57.2 Å². The molecule has 0 fully saturated rings. The molecule has 0 N–H and O–H groups in total. The van der Waals surface area contributed by atoms with Crippen molar-refractivity contribution in [3.8, 4) is 0 Å². The van der Waals surface area contributed by atoms with E-state index >= 15 is 0 Å². The molecule has 6 nitrogen and oxygen atoms in total. The minimum absolute atomic E-state index is 0.0702. The van der Waals surface area contributed by atoms with Gasteiger partial charge in [-0.05, 0) is 96.3 Å². The van der Waals surface area contributed by atoms with Gasteiger partial charge in [-0.15, -0.1) is 0 Å². The lowest BCUT2D eigenvalue weighted by atomic mass is 10.0. The van der Waals surface area contributed by atoms with E-state index in [1.54, 1.807) is 0 Å². The quantitative estimate of drug-likeness (QED) is 0.0261. The van der Waals surface area contributed by atoms with Crippen molar-refractivity contribution in [3.63, 3.8) is 0 Å². The van der Waals surface area contributed by atoms with Crippen LogP contribution in [0.5, 0.6) is 0 Å². The average molecular weight is 1150 g/mol.